The third kappa shape index (κ3) is 4.63. The smallest absolute Gasteiger partial charge is 0.256 e. The molecule has 3 heterocycles. The van der Waals surface area contributed by atoms with Gasteiger partial charge in [0.2, 0.25) is 0 Å². The highest BCUT2D eigenvalue weighted by atomic mass is 16.1. The summed E-state index contributed by atoms with van der Waals surface area (Å²) in [5.74, 6) is 1.15. The Morgan fingerprint density at radius 3 is 2.67 bits per heavy atom. The van der Waals surface area contributed by atoms with Crippen molar-refractivity contribution in [2.75, 3.05) is 38.1 Å². The molecule has 1 aliphatic heterocycles. The number of nitrogens with zero attached hydrogens (tertiary/aromatic N) is 5. The number of hydrogen-bond acceptors (Lipinski definition) is 6. The molecular weight excluding hydrogens is 376 g/mol. The minimum Gasteiger partial charge on any atom is -0.353 e. The Morgan fingerprint density at radius 1 is 1.10 bits per heavy atom. The van der Waals surface area contributed by atoms with Crippen LogP contribution >= 0.6 is 0 Å². The maximum Gasteiger partial charge on any atom is 0.256 e. The Bertz CT molecular complexity index is 1020. The van der Waals surface area contributed by atoms with Gasteiger partial charge in [0.25, 0.3) is 5.91 Å². The first-order valence-corrected chi connectivity index (χ1v) is 10.1. The van der Waals surface area contributed by atoms with Gasteiger partial charge in [-0.3, -0.25) is 9.78 Å². The molecule has 3 aromatic rings. The maximum atomic E-state index is 13.0. The number of anilines is 1. The third-order valence-electron chi connectivity index (χ3n) is 5.27. The number of nitrogens with one attached hydrogen (secondary N) is 1. The molecule has 154 valence electrons. The molecule has 0 unspecified atom stereocenters. The molecule has 1 fully saturated rings. The second-order valence-electron chi connectivity index (χ2n) is 7.63. The Morgan fingerprint density at radius 2 is 1.93 bits per heavy atom. The molecule has 7 heteroatoms. The normalized spacial score (nSPS) is 14.5. The average molecular weight is 403 g/mol. The van der Waals surface area contributed by atoms with Crippen molar-refractivity contribution in [2.45, 2.75) is 13.5 Å². The van der Waals surface area contributed by atoms with Gasteiger partial charge in [-0.15, -0.1) is 0 Å². The van der Waals surface area contributed by atoms with Crippen LogP contribution in [0.2, 0.25) is 0 Å². The predicted octanol–water partition coefficient (Wildman–Crippen LogP) is 2.53. The molecule has 0 radical (unpaired) electrons. The van der Waals surface area contributed by atoms with Crippen LogP contribution in [-0.2, 0) is 6.54 Å². The van der Waals surface area contributed by atoms with Crippen LogP contribution in [0.15, 0.2) is 55.0 Å². The zero-order valence-electron chi connectivity index (χ0n) is 17.4. The van der Waals surface area contributed by atoms with E-state index in [0.29, 0.717) is 23.8 Å². The lowest BCUT2D eigenvalue weighted by atomic mass is 10.1. The fourth-order valence-corrected chi connectivity index (χ4v) is 3.50. The highest BCUT2D eigenvalue weighted by Gasteiger charge is 2.23. The molecule has 0 atom stereocenters. The van der Waals surface area contributed by atoms with Gasteiger partial charge >= 0.3 is 0 Å². The SMILES string of the molecule is Cc1cccc(-c2ncc(C(=O)NCc3cccnc3)c(N3CCN(C)CC3)n2)c1. The Labute approximate surface area is 176 Å². The Balaban J connectivity index is 1.63. The molecule has 0 bridgehead atoms. The van der Waals surface area contributed by atoms with E-state index in [0.717, 1.165) is 42.9 Å². The number of hydrogen-bond donors (Lipinski definition) is 1. The van der Waals surface area contributed by atoms with E-state index in [4.69, 9.17) is 4.98 Å². The molecule has 1 saturated heterocycles. The van der Waals surface area contributed by atoms with Gasteiger partial charge in [-0.1, -0.05) is 29.8 Å². The maximum absolute atomic E-state index is 13.0. The van der Waals surface area contributed by atoms with E-state index in [2.05, 4.69) is 38.2 Å². The van der Waals surface area contributed by atoms with Crippen LogP contribution < -0.4 is 10.2 Å². The van der Waals surface area contributed by atoms with Gasteiger partial charge in [-0.05, 0) is 31.7 Å². The molecule has 0 saturated carbocycles. The second-order valence-corrected chi connectivity index (χ2v) is 7.63. The zero-order valence-corrected chi connectivity index (χ0v) is 17.4. The number of amides is 1. The number of carbonyl (C=O) groups is 1. The summed E-state index contributed by atoms with van der Waals surface area (Å²) in [7, 11) is 2.11. The van der Waals surface area contributed by atoms with Crippen molar-refractivity contribution < 1.29 is 4.79 Å². The van der Waals surface area contributed by atoms with Crippen LogP contribution in [0.1, 0.15) is 21.5 Å². The fraction of sp³-hybridized carbons (Fsp3) is 0.304. The molecular formula is C23H26N6O. The summed E-state index contributed by atoms with van der Waals surface area (Å²) in [6.45, 7) is 5.97. The molecule has 0 spiro atoms. The van der Waals surface area contributed by atoms with E-state index in [1.807, 2.05) is 37.3 Å². The number of pyridine rings is 1. The fourth-order valence-electron chi connectivity index (χ4n) is 3.50. The van der Waals surface area contributed by atoms with Gasteiger partial charge in [-0.25, -0.2) is 9.97 Å². The van der Waals surface area contributed by atoms with E-state index in [1.165, 1.54) is 0 Å². The van der Waals surface area contributed by atoms with Crippen LogP contribution in [0, 0.1) is 6.92 Å². The number of rotatable bonds is 5. The first-order chi connectivity index (χ1) is 14.6. The lowest BCUT2D eigenvalue weighted by Gasteiger charge is -2.34. The van der Waals surface area contributed by atoms with Crippen LogP contribution in [0.25, 0.3) is 11.4 Å². The first kappa shape index (κ1) is 20.0. The number of aryl methyl sites for hydroxylation is 1. The first-order valence-electron chi connectivity index (χ1n) is 10.1. The molecule has 4 rings (SSSR count). The van der Waals surface area contributed by atoms with Crippen molar-refractivity contribution in [3.63, 3.8) is 0 Å². The zero-order chi connectivity index (χ0) is 20.9. The van der Waals surface area contributed by atoms with Crippen LogP contribution in [0.3, 0.4) is 0 Å². The summed E-state index contributed by atoms with van der Waals surface area (Å²) < 4.78 is 0. The quantitative estimate of drug-likeness (QED) is 0.707. The van der Waals surface area contributed by atoms with E-state index >= 15 is 0 Å². The van der Waals surface area contributed by atoms with Crippen molar-refractivity contribution >= 4 is 11.7 Å². The summed E-state index contributed by atoms with van der Waals surface area (Å²) >= 11 is 0. The van der Waals surface area contributed by atoms with Gasteiger partial charge in [0.15, 0.2) is 5.82 Å². The van der Waals surface area contributed by atoms with E-state index in [1.54, 1.807) is 18.6 Å². The highest BCUT2D eigenvalue weighted by molar-refractivity contribution is 5.98. The van der Waals surface area contributed by atoms with Crippen LogP contribution in [-0.4, -0.2) is 59.0 Å². The van der Waals surface area contributed by atoms with E-state index in [9.17, 15) is 4.79 Å². The summed E-state index contributed by atoms with van der Waals surface area (Å²) in [6, 6.07) is 11.9. The lowest BCUT2D eigenvalue weighted by molar-refractivity contribution is 0.0950. The number of aromatic nitrogens is 3. The van der Waals surface area contributed by atoms with Gasteiger partial charge in [-0.2, -0.15) is 0 Å². The number of benzene rings is 1. The molecule has 0 aliphatic carbocycles. The summed E-state index contributed by atoms with van der Waals surface area (Å²) in [5.41, 5.74) is 3.55. The molecule has 30 heavy (non-hydrogen) atoms. The predicted molar refractivity (Wildman–Crippen MR) is 117 cm³/mol. The topological polar surface area (TPSA) is 74.2 Å². The third-order valence-corrected chi connectivity index (χ3v) is 5.27. The molecule has 1 amide bonds. The van der Waals surface area contributed by atoms with Crippen molar-refractivity contribution in [1.29, 1.82) is 0 Å². The standard InChI is InChI=1S/C23H26N6O/c1-17-5-3-7-19(13-17)21-25-16-20(22(27-21)29-11-9-28(2)10-12-29)23(30)26-15-18-6-4-8-24-14-18/h3-8,13-14,16H,9-12,15H2,1-2H3,(H,26,30). The average Bonchev–Trinajstić information content (AvgIpc) is 2.78. The van der Waals surface area contributed by atoms with E-state index in [-0.39, 0.29) is 5.91 Å². The van der Waals surface area contributed by atoms with Crippen molar-refractivity contribution in [1.82, 2.24) is 25.2 Å². The molecule has 1 aromatic carbocycles. The highest BCUT2D eigenvalue weighted by Crippen LogP contribution is 2.24. The molecule has 1 aliphatic rings. The largest absolute Gasteiger partial charge is 0.353 e. The molecule has 1 N–H and O–H groups in total. The van der Waals surface area contributed by atoms with Crippen molar-refractivity contribution in [3.8, 4) is 11.4 Å². The van der Waals surface area contributed by atoms with Gasteiger partial charge in [0, 0.05) is 56.9 Å². The Kier molecular flexibility index (Phi) is 5.99. The van der Waals surface area contributed by atoms with Gasteiger partial charge < -0.3 is 15.1 Å². The summed E-state index contributed by atoms with van der Waals surface area (Å²) in [6.07, 6.45) is 5.12. The summed E-state index contributed by atoms with van der Waals surface area (Å²) in [4.78, 5) is 30.9. The lowest BCUT2D eigenvalue weighted by Crippen LogP contribution is -2.45. The van der Waals surface area contributed by atoms with Gasteiger partial charge in [0.05, 0.1) is 0 Å². The van der Waals surface area contributed by atoms with Crippen molar-refractivity contribution in [3.05, 3.63) is 71.7 Å². The number of piperazine rings is 1. The van der Waals surface area contributed by atoms with Crippen LogP contribution in [0.4, 0.5) is 5.82 Å². The molecule has 2 aromatic heterocycles. The minimum atomic E-state index is -0.177. The van der Waals surface area contributed by atoms with E-state index < -0.39 is 0 Å². The second kappa shape index (κ2) is 9.00. The number of carbonyl (C=O) groups excluding carboxylic acids is 1. The molecule has 7 nitrogen and oxygen atoms in total. The minimum absolute atomic E-state index is 0.177. The number of likely N-dealkylation sites (N-methyl/N-ethyl adjacent to an activating group) is 1. The monoisotopic (exact) mass is 402 g/mol. The van der Waals surface area contributed by atoms with Gasteiger partial charge in [0.1, 0.15) is 11.4 Å². The Hall–Kier alpha value is -3.32. The summed E-state index contributed by atoms with van der Waals surface area (Å²) in [5, 5.41) is 2.98. The van der Waals surface area contributed by atoms with Crippen molar-refractivity contribution in [2.24, 2.45) is 0 Å². The van der Waals surface area contributed by atoms with Crippen LogP contribution in [0.5, 0.6) is 0 Å².